The lowest BCUT2D eigenvalue weighted by Crippen LogP contribution is -2.58. The fourth-order valence-electron chi connectivity index (χ4n) is 3.10. The molecule has 26 heavy (non-hydrogen) atoms. The van der Waals surface area contributed by atoms with E-state index in [-0.39, 0.29) is 17.0 Å². The van der Waals surface area contributed by atoms with E-state index in [1.54, 1.807) is 19.2 Å². The highest BCUT2D eigenvalue weighted by molar-refractivity contribution is 6.03. The quantitative estimate of drug-likeness (QED) is 0.544. The lowest BCUT2D eigenvalue weighted by molar-refractivity contribution is 0.0839. The molecule has 9 heteroatoms. The average Bonchev–Trinajstić information content (AvgIpc) is 3.08. The van der Waals surface area contributed by atoms with Gasteiger partial charge in [-0.15, -0.1) is 0 Å². The van der Waals surface area contributed by atoms with Crippen molar-refractivity contribution in [2.75, 3.05) is 11.9 Å². The third kappa shape index (κ3) is 2.92. The van der Waals surface area contributed by atoms with E-state index in [2.05, 4.69) is 35.6 Å². The van der Waals surface area contributed by atoms with Crippen LogP contribution < -0.4 is 16.2 Å². The first-order valence-corrected chi connectivity index (χ1v) is 8.47. The average molecular weight is 353 g/mol. The number of H-pyrrole nitrogens is 2. The van der Waals surface area contributed by atoms with Crippen LogP contribution in [-0.4, -0.2) is 42.9 Å². The van der Waals surface area contributed by atoms with Gasteiger partial charge in [-0.3, -0.25) is 14.6 Å². The second kappa shape index (κ2) is 6.25. The van der Waals surface area contributed by atoms with Gasteiger partial charge in [0.1, 0.15) is 17.7 Å². The maximum atomic E-state index is 12.8. The summed E-state index contributed by atoms with van der Waals surface area (Å²) < 4.78 is 0. The van der Waals surface area contributed by atoms with Crippen LogP contribution in [0.2, 0.25) is 0 Å². The van der Waals surface area contributed by atoms with Crippen molar-refractivity contribution in [3.63, 3.8) is 0 Å². The van der Waals surface area contributed by atoms with Gasteiger partial charge in [0.15, 0.2) is 0 Å². The number of hydrogen-bond acceptors (Lipinski definition) is 6. The van der Waals surface area contributed by atoms with E-state index < -0.39 is 0 Å². The number of aromatic nitrogens is 5. The molecule has 0 radical (unpaired) electrons. The van der Waals surface area contributed by atoms with Crippen LogP contribution in [0.1, 0.15) is 35.3 Å². The lowest BCUT2D eigenvalue weighted by atomic mass is 9.76. The zero-order valence-electron chi connectivity index (χ0n) is 14.3. The molecule has 0 saturated heterocycles. The Kier molecular flexibility index (Phi) is 3.90. The molecule has 0 aromatic carbocycles. The standard InChI is InChI=1S/C17H19N7O2/c1-10-7-19-16(23-14(10)25)20-8-17(4-2-5-17)24-15(26)12-11-3-6-18-13(11)22-9-21-12/h3,6-7,9H,2,4-5,8H2,1H3,(H,24,26)(H,18,21,22)(H2,19,20,23,25). The predicted molar refractivity (Wildman–Crippen MR) is 96.0 cm³/mol. The first kappa shape index (κ1) is 16.2. The highest BCUT2D eigenvalue weighted by Crippen LogP contribution is 2.32. The summed E-state index contributed by atoms with van der Waals surface area (Å²) in [6.45, 7) is 2.18. The topological polar surface area (TPSA) is 128 Å². The van der Waals surface area contributed by atoms with Gasteiger partial charge in [-0.25, -0.2) is 15.0 Å². The molecule has 1 amide bonds. The van der Waals surface area contributed by atoms with E-state index in [1.165, 1.54) is 12.5 Å². The van der Waals surface area contributed by atoms with Crippen molar-refractivity contribution in [2.24, 2.45) is 0 Å². The SMILES string of the molecule is Cc1cnc(NCC2(NC(=O)c3ncnc4[nH]ccc34)CCC2)[nH]c1=O. The zero-order valence-corrected chi connectivity index (χ0v) is 14.3. The molecule has 3 aromatic rings. The monoisotopic (exact) mass is 353 g/mol. The Labute approximate surface area is 148 Å². The van der Waals surface area contributed by atoms with E-state index in [9.17, 15) is 9.59 Å². The third-order valence-electron chi connectivity index (χ3n) is 4.83. The summed E-state index contributed by atoms with van der Waals surface area (Å²) in [4.78, 5) is 42.5. The number of carbonyl (C=O) groups is 1. The molecule has 0 aliphatic heterocycles. The van der Waals surface area contributed by atoms with E-state index in [0.29, 0.717) is 34.8 Å². The number of nitrogens with one attached hydrogen (secondary N) is 4. The summed E-state index contributed by atoms with van der Waals surface area (Å²) >= 11 is 0. The molecule has 1 aliphatic carbocycles. The normalized spacial score (nSPS) is 15.4. The Morgan fingerprint density at radius 1 is 1.31 bits per heavy atom. The largest absolute Gasteiger partial charge is 0.353 e. The number of fused-ring (bicyclic) bond motifs is 1. The van der Waals surface area contributed by atoms with Gasteiger partial charge in [0.2, 0.25) is 5.95 Å². The molecule has 3 heterocycles. The first-order chi connectivity index (χ1) is 12.6. The van der Waals surface area contributed by atoms with Crippen molar-refractivity contribution >= 4 is 22.9 Å². The summed E-state index contributed by atoms with van der Waals surface area (Å²) in [5.74, 6) is 0.167. The van der Waals surface area contributed by atoms with Crippen LogP contribution in [0.25, 0.3) is 11.0 Å². The molecular weight excluding hydrogens is 334 g/mol. The van der Waals surface area contributed by atoms with Crippen molar-refractivity contribution in [2.45, 2.75) is 31.7 Å². The molecule has 0 bridgehead atoms. The number of nitrogens with zero attached hydrogens (tertiary/aromatic N) is 3. The van der Waals surface area contributed by atoms with Crippen LogP contribution in [-0.2, 0) is 0 Å². The molecule has 0 spiro atoms. The molecule has 0 atom stereocenters. The number of carbonyl (C=O) groups excluding carboxylic acids is 1. The van der Waals surface area contributed by atoms with Crippen molar-refractivity contribution in [3.8, 4) is 0 Å². The van der Waals surface area contributed by atoms with E-state index >= 15 is 0 Å². The Balaban J connectivity index is 1.49. The molecule has 4 N–H and O–H groups in total. The fourth-order valence-corrected chi connectivity index (χ4v) is 3.10. The van der Waals surface area contributed by atoms with Crippen LogP contribution in [0.15, 0.2) is 29.6 Å². The minimum atomic E-state index is -0.381. The van der Waals surface area contributed by atoms with Gasteiger partial charge >= 0.3 is 0 Å². The number of amides is 1. The maximum Gasteiger partial charge on any atom is 0.271 e. The minimum absolute atomic E-state index is 0.176. The smallest absolute Gasteiger partial charge is 0.271 e. The second-order valence-corrected chi connectivity index (χ2v) is 6.65. The van der Waals surface area contributed by atoms with Crippen LogP contribution in [0.5, 0.6) is 0 Å². The van der Waals surface area contributed by atoms with E-state index in [4.69, 9.17) is 0 Å². The van der Waals surface area contributed by atoms with Crippen molar-refractivity contribution in [1.82, 2.24) is 30.2 Å². The van der Waals surface area contributed by atoms with Gasteiger partial charge in [-0.1, -0.05) is 0 Å². The number of aryl methyl sites for hydroxylation is 1. The Bertz CT molecular complexity index is 1020. The number of rotatable bonds is 5. The predicted octanol–water partition coefficient (Wildman–Crippen LogP) is 1.11. The number of anilines is 1. The molecule has 134 valence electrons. The summed E-state index contributed by atoms with van der Waals surface area (Å²) in [6, 6.07) is 1.79. The first-order valence-electron chi connectivity index (χ1n) is 8.47. The molecule has 3 aromatic heterocycles. The zero-order chi connectivity index (χ0) is 18.1. The van der Waals surface area contributed by atoms with Gasteiger partial charge in [0.25, 0.3) is 11.5 Å². The van der Waals surface area contributed by atoms with Gasteiger partial charge in [0.05, 0.1) is 10.9 Å². The summed E-state index contributed by atoms with van der Waals surface area (Å²) in [5, 5.41) is 6.91. The fraction of sp³-hybridized carbons (Fsp3) is 0.353. The highest BCUT2D eigenvalue weighted by atomic mass is 16.2. The molecular formula is C17H19N7O2. The van der Waals surface area contributed by atoms with Gasteiger partial charge < -0.3 is 15.6 Å². The summed E-state index contributed by atoms with van der Waals surface area (Å²) in [5.41, 5.74) is 0.983. The molecule has 4 rings (SSSR count). The Morgan fingerprint density at radius 3 is 2.88 bits per heavy atom. The summed E-state index contributed by atoms with van der Waals surface area (Å²) in [7, 11) is 0. The third-order valence-corrected chi connectivity index (χ3v) is 4.83. The molecule has 1 saturated carbocycles. The minimum Gasteiger partial charge on any atom is -0.353 e. The van der Waals surface area contributed by atoms with Crippen molar-refractivity contribution < 1.29 is 4.79 Å². The summed E-state index contributed by atoms with van der Waals surface area (Å²) in [6.07, 6.45) is 7.36. The molecule has 1 aliphatic rings. The maximum absolute atomic E-state index is 12.8. The molecule has 9 nitrogen and oxygen atoms in total. The van der Waals surface area contributed by atoms with Gasteiger partial charge in [-0.05, 0) is 32.3 Å². The van der Waals surface area contributed by atoms with Gasteiger partial charge in [0, 0.05) is 24.5 Å². The Morgan fingerprint density at radius 2 is 2.15 bits per heavy atom. The van der Waals surface area contributed by atoms with Crippen LogP contribution in [0.3, 0.4) is 0 Å². The molecule has 1 fully saturated rings. The lowest BCUT2D eigenvalue weighted by Gasteiger charge is -2.42. The van der Waals surface area contributed by atoms with Gasteiger partial charge in [-0.2, -0.15) is 0 Å². The van der Waals surface area contributed by atoms with Crippen molar-refractivity contribution in [1.29, 1.82) is 0 Å². The van der Waals surface area contributed by atoms with Crippen LogP contribution >= 0.6 is 0 Å². The van der Waals surface area contributed by atoms with E-state index in [0.717, 1.165) is 19.3 Å². The van der Waals surface area contributed by atoms with Crippen LogP contribution in [0, 0.1) is 6.92 Å². The van der Waals surface area contributed by atoms with Crippen LogP contribution in [0.4, 0.5) is 5.95 Å². The number of hydrogen-bond donors (Lipinski definition) is 4. The number of aromatic amines is 2. The van der Waals surface area contributed by atoms with E-state index in [1.807, 2.05) is 0 Å². The molecule has 0 unspecified atom stereocenters. The highest BCUT2D eigenvalue weighted by Gasteiger charge is 2.39. The Hall–Kier alpha value is -3.23. The van der Waals surface area contributed by atoms with Crippen molar-refractivity contribution in [3.05, 3.63) is 46.4 Å². The second-order valence-electron chi connectivity index (χ2n) is 6.65.